The van der Waals surface area contributed by atoms with Gasteiger partial charge in [-0.25, -0.2) is 0 Å². The van der Waals surface area contributed by atoms with Gasteiger partial charge in [0.25, 0.3) is 0 Å². The molecule has 0 aliphatic heterocycles. The Bertz CT molecular complexity index is 2380. The number of thiophene rings is 1. The molecular weight excluding hydrogens is 504 g/mol. The molecule has 2 heteroatoms. The molecule has 0 fully saturated rings. The second-order valence-corrected chi connectivity index (χ2v) is 11.5. The van der Waals surface area contributed by atoms with Crippen molar-refractivity contribution in [1.29, 1.82) is 0 Å². The highest BCUT2D eigenvalue weighted by molar-refractivity contribution is 7.26. The second-order valence-electron chi connectivity index (χ2n) is 10.4. The van der Waals surface area contributed by atoms with Crippen molar-refractivity contribution in [3.05, 3.63) is 134 Å². The molecule has 0 N–H and O–H groups in total. The van der Waals surface area contributed by atoms with Crippen molar-refractivity contribution in [3.8, 4) is 22.3 Å². The Hall–Kier alpha value is -4.92. The van der Waals surface area contributed by atoms with E-state index < -0.39 is 0 Å². The van der Waals surface area contributed by atoms with E-state index in [0.717, 1.165) is 16.5 Å². The summed E-state index contributed by atoms with van der Waals surface area (Å²) < 4.78 is 9.01. The van der Waals surface area contributed by atoms with Crippen molar-refractivity contribution in [2.45, 2.75) is 0 Å². The molecule has 0 saturated heterocycles. The van der Waals surface area contributed by atoms with E-state index in [4.69, 9.17) is 4.42 Å². The van der Waals surface area contributed by atoms with Crippen molar-refractivity contribution in [3.63, 3.8) is 0 Å². The summed E-state index contributed by atoms with van der Waals surface area (Å²) in [6, 6.07) is 46.2. The molecule has 40 heavy (non-hydrogen) atoms. The Morgan fingerprint density at radius 3 is 1.70 bits per heavy atom. The van der Waals surface area contributed by atoms with Crippen LogP contribution in [0.2, 0.25) is 0 Å². The molecule has 186 valence electrons. The second kappa shape index (κ2) is 8.29. The van der Waals surface area contributed by atoms with Crippen LogP contribution in [0.4, 0.5) is 0 Å². The van der Waals surface area contributed by atoms with E-state index in [1.807, 2.05) is 17.6 Å². The summed E-state index contributed by atoms with van der Waals surface area (Å²) in [5.41, 5.74) is 5.89. The van der Waals surface area contributed by atoms with Crippen molar-refractivity contribution in [2.24, 2.45) is 0 Å². The number of benzene rings is 7. The van der Waals surface area contributed by atoms with E-state index >= 15 is 0 Å². The van der Waals surface area contributed by atoms with Crippen LogP contribution in [-0.4, -0.2) is 0 Å². The maximum absolute atomic E-state index is 6.46. The highest BCUT2D eigenvalue weighted by atomic mass is 32.1. The zero-order valence-corrected chi connectivity index (χ0v) is 22.3. The topological polar surface area (TPSA) is 13.1 Å². The minimum Gasteiger partial charge on any atom is -0.463 e. The first kappa shape index (κ1) is 22.0. The van der Waals surface area contributed by atoms with Gasteiger partial charge in [0.15, 0.2) is 0 Å². The third-order valence-corrected chi connectivity index (χ3v) is 9.48. The van der Waals surface area contributed by atoms with Crippen LogP contribution in [0.25, 0.3) is 85.7 Å². The number of hydrogen-bond donors (Lipinski definition) is 0. The van der Waals surface area contributed by atoms with Gasteiger partial charge in [0.1, 0.15) is 5.58 Å². The van der Waals surface area contributed by atoms with Crippen LogP contribution in [0.1, 0.15) is 0 Å². The quantitative estimate of drug-likeness (QED) is 0.204. The molecule has 0 atom stereocenters. The van der Waals surface area contributed by atoms with Gasteiger partial charge in [-0.2, -0.15) is 0 Å². The van der Waals surface area contributed by atoms with Crippen molar-refractivity contribution in [1.82, 2.24) is 0 Å². The van der Waals surface area contributed by atoms with Gasteiger partial charge in [-0.3, -0.25) is 0 Å². The SMILES string of the molecule is c1ccc2c(-c3c4ccccc4c(-c4coc5c4ccc4sc6ccccc6c45)c4ccccc34)cccc2c1. The molecule has 0 spiro atoms. The van der Waals surface area contributed by atoms with E-state index in [0.29, 0.717) is 0 Å². The molecule has 0 radical (unpaired) electrons. The van der Waals surface area contributed by atoms with Gasteiger partial charge in [0.05, 0.1) is 6.26 Å². The summed E-state index contributed by atoms with van der Waals surface area (Å²) in [6.07, 6.45) is 1.97. The molecule has 1 nitrogen and oxygen atoms in total. The highest BCUT2D eigenvalue weighted by Crippen LogP contribution is 2.48. The normalized spacial score (nSPS) is 12.0. The van der Waals surface area contributed by atoms with Gasteiger partial charge in [0, 0.05) is 36.7 Å². The van der Waals surface area contributed by atoms with Gasteiger partial charge >= 0.3 is 0 Å². The third kappa shape index (κ3) is 2.97. The average Bonchev–Trinajstić information content (AvgIpc) is 3.61. The monoisotopic (exact) mass is 526 g/mol. The Balaban J connectivity index is 1.43. The third-order valence-electron chi connectivity index (χ3n) is 8.34. The van der Waals surface area contributed by atoms with Gasteiger partial charge in [-0.1, -0.05) is 109 Å². The van der Waals surface area contributed by atoms with Crippen LogP contribution in [0.5, 0.6) is 0 Å². The molecule has 0 unspecified atom stereocenters. The fourth-order valence-electron chi connectivity index (χ4n) is 6.65. The molecule has 9 aromatic rings. The van der Waals surface area contributed by atoms with Crippen LogP contribution >= 0.6 is 11.3 Å². The predicted molar refractivity (Wildman–Crippen MR) is 172 cm³/mol. The van der Waals surface area contributed by atoms with E-state index in [9.17, 15) is 0 Å². The smallest absolute Gasteiger partial charge is 0.143 e. The summed E-state index contributed by atoms with van der Waals surface area (Å²) in [5, 5.41) is 11.1. The molecular formula is C38H22OS. The summed E-state index contributed by atoms with van der Waals surface area (Å²) in [4.78, 5) is 0. The van der Waals surface area contributed by atoms with Gasteiger partial charge < -0.3 is 4.42 Å². The first-order chi connectivity index (χ1) is 19.9. The van der Waals surface area contributed by atoms with Gasteiger partial charge in [-0.15, -0.1) is 11.3 Å². The summed E-state index contributed by atoms with van der Waals surface area (Å²) in [7, 11) is 0. The lowest BCUT2D eigenvalue weighted by molar-refractivity contribution is 0.620. The van der Waals surface area contributed by atoms with Gasteiger partial charge in [0.2, 0.25) is 0 Å². The summed E-state index contributed by atoms with van der Waals surface area (Å²) in [5.74, 6) is 0. The Morgan fingerprint density at radius 1 is 0.400 bits per heavy atom. The van der Waals surface area contributed by atoms with Crippen LogP contribution in [0.15, 0.2) is 138 Å². The van der Waals surface area contributed by atoms with E-state index in [2.05, 4.69) is 127 Å². The van der Waals surface area contributed by atoms with Crippen molar-refractivity contribution < 1.29 is 4.42 Å². The number of furan rings is 1. The zero-order chi connectivity index (χ0) is 26.2. The highest BCUT2D eigenvalue weighted by Gasteiger charge is 2.21. The Kier molecular flexibility index (Phi) is 4.55. The standard InChI is InChI=1S/C38H22OS/c1-2-12-24-23(10-1)11-9-18-25(24)35-26-13-3-5-15-28(26)36(29-16-6-4-14-27(29)35)32-22-39-38-30(32)20-21-34-37(38)31-17-7-8-19-33(31)40-34/h1-22H. The van der Waals surface area contributed by atoms with Crippen LogP contribution in [0.3, 0.4) is 0 Å². The molecule has 7 aromatic carbocycles. The van der Waals surface area contributed by atoms with Crippen molar-refractivity contribution in [2.75, 3.05) is 0 Å². The molecule has 2 aromatic heterocycles. The molecule has 0 bridgehead atoms. The molecule has 9 rings (SSSR count). The maximum Gasteiger partial charge on any atom is 0.143 e. The van der Waals surface area contributed by atoms with Crippen molar-refractivity contribution >= 4 is 74.8 Å². The lowest BCUT2D eigenvalue weighted by Gasteiger charge is -2.18. The summed E-state index contributed by atoms with van der Waals surface area (Å²) >= 11 is 1.83. The summed E-state index contributed by atoms with van der Waals surface area (Å²) in [6.45, 7) is 0. The largest absolute Gasteiger partial charge is 0.463 e. The maximum atomic E-state index is 6.46. The molecule has 0 aliphatic rings. The number of fused-ring (bicyclic) bond motifs is 8. The molecule has 0 saturated carbocycles. The first-order valence-electron chi connectivity index (χ1n) is 13.6. The zero-order valence-electron chi connectivity index (χ0n) is 21.5. The van der Waals surface area contributed by atoms with Crippen LogP contribution in [0, 0.1) is 0 Å². The predicted octanol–water partition coefficient (Wildman–Crippen LogP) is 11.6. The van der Waals surface area contributed by atoms with E-state index in [-0.39, 0.29) is 0 Å². The van der Waals surface area contributed by atoms with Crippen LogP contribution < -0.4 is 0 Å². The average molecular weight is 527 g/mol. The molecule has 0 aliphatic carbocycles. The fourth-order valence-corrected chi connectivity index (χ4v) is 7.75. The lowest BCUT2D eigenvalue weighted by atomic mass is 9.84. The number of hydrogen-bond acceptors (Lipinski definition) is 2. The van der Waals surface area contributed by atoms with Crippen LogP contribution in [-0.2, 0) is 0 Å². The lowest BCUT2D eigenvalue weighted by Crippen LogP contribution is -1.91. The Labute approximate surface area is 234 Å². The number of rotatable bonds is 2. The van der Waals surface area contributed by atoms with E-state index in [1.54, 1.807) is 0 Å². The minimum atomic E-state index is 0.969. The first-order valence-corrected chi connectivity index (χ1v) is 14.4. The van der Waals surface area contributed by atoms with E-state index in [1.165, 1.54) is 69.2 Å². The molecule has 2 heterocycles. The minimum absolute atomic E-state index is 0.969. The Morgan fingerprint density at radius 2 is 0.975 bits per heavy atom. The fraction of sp³-hybridized carbons (Fsp3) is 0. The van der Waals surface area contributed by atoms with Gasteiger partial charge in [-0.05, 0) is 61.6 Å². The molecule has 0 amide bonds.